The minimum absolute atomic E-state index is 0.0842. The van der Waals surface area contributed by atoms with Crippen molar-refractivity contribution in [1.82, 2.24) is 5.32 Å². The van der Waals surface area contributed by atoms with Crippen LogP contribution in [0.5, 0.6) is 11.5 Å². The Labute approximate surface area is 129 Å². The van der Waals surface area contributed by atoms with Crippen LogP contribution in [0.2, 0.25) is 0 Å². The highest BCUT2D eigenvalue weighted by Crippen LogP contribution is 2.21. The predicted molar refractivity (Wildman–Crippen MR) is 82.8 cm³/mol. The highest BCUT2D eigenvalue weighted by molar-refractivity contribution is 9.11. The van der Waals surface area contributed by atoms with E-state index in [0.717, 1.165) is 15.3 Å². The molecule has 0 saturated carbocycles. The molecule has 6 heteroatoms. The summed E-state index contributed by atoms with van der Waals surface area (Å²) in [6, 6.07) is 11.0. The SMILES string of the molecule is COc1ccc(OCCNC(=O)c2ccc(Br)s2)cc1. The molecule has 1 heterocycles. The molecule has 106 valence electrons. The van der Waals surface area contributed by atoms with Gasteiger partial charge in [-0.1, -0.05) is 0 Å². The molecule has 1 N–H and O–H groups in total. The minimum Gasteiger partial charge on any atom is -0.497 e. The van der Waals surface area contributed by atoms with Crippen molar-refractivity contribution in [3.8, 4) is 11.5 Å². The quantitative estimate of drug-likeness (QED) is 0.808. The average molecular weight is 356 g/mol. The monoisotopic (exact) mass is 355 g/mol. The third kappa shape index (κ3) is 4.25. The summed E-state index contributed by atoms with van der Waals surface area (Å²) in [6.45, 7) is 0.880. The molecule has 0 atom stereocenters. The molecule has 0 radical (unpaired) electrons. The van der Waals surface area contributed by atoms with Crippen LogP contribution in [0, 0.1) is 0 Å². The lowest BCUT2D eigenvalue weighted by Crippen LogP contribution is -2.27. The van der Waals surface area contributed by atoms with Gasteiger partial charge in [0.05, 0.1) is 22.3 Å². The molecular formula is C14H14BrNO3S. The molecule has 2 rings (SSSR count). The molecule has 1 aromatic heterocycles. The van der Waals surface area contributed by atoms with Crippen molar-refractivity contribution >= 4 is 33.2 Å². The number of carbonyl (C=O) groups excluding carboxylic acids is 1. The van der Waals surface area contributed by atoms with Gasteiger partial charge < -0.3 is 14.8 Å². The van der Waals surface area contributed by atoms with Crippen LogP contribution in [0.4, 0.5) is 0 Å². The third-order valence-electron chi connectivity index (χ3n) is 2.51. The Morgan fingerprint density at radius 1 is 1.20 bits per heavy atom. The van der Waals surface area contributed by atoms with Crippen molar-refractivity contribution in [1.29, 1.82) is 0 Å². The number of nitrogens with one attached hydrogen (secondary N) is 1. The van der Waals surface area contributed by atoms with Crippen molar-refractivity contribution in [2.24, 2.45) is 0 Å². The maximum atomic E-state index is 11.8. The molecule has 1 aromatic carbocycles. The first-order chi connectivity index (χ1) is 9.69. The summed E-state index contributed by atoms with van der Waals surface area (Å²) >= 11 is 4.73. The molecule has 0 aliphatic rings. The second-order valence-corrected chi connectivity index (χ2v) is 6.35. The zero-order chi connectivity index (χ0) is 14.4. The van der Waals surface area contributed by atoms with E-state index in [2.05, 4.69) is 21.2 Å². The Bertz CT molecular complexity index is 568. The Morgan fingerprint density at radius 2 is 1.90 bits per heavy atom. The highest BCUT2D eigenvalue weighted by atomic mass is 79.9. The van der Waals surface area contributed by atoms with E-state index in [0.29, 0.717) is 18.0 Å². The molecule has 4 nitrogen and oxygen atoms in total. The molecule has 0 aliphatic carbocycles. The molecule has 2 aromatic rings. The third-order valence-corrected chi connectivity index (χ3v) is 4.14. The lowest BCUT2D eigenvalue weighted by molar-refractivity contribution is 0.0951. The molecule has 0 unspecified atom stereocenters. The minimum atomic E-state index is -0.0842. The summed E-state index contributed by atoms with van der Waals surface area (Å²) in [7, 11) is 1.62. The van der Waals surface area contributed by atoms with Gasteiger partial charge in [0.25, 0.3) is 5.91 Å². The van der Waals surface area contributed by atoms with E-state index in [1.54, 1.807) is 13.2 Å². The first-order valence-electron chi connectivity index (χ1n) is 5.99. The number of hydrogen-bond acceptors (Lipinski definition) is 4. The fraction of sp³-hybridized carbons (Fsp3) is 0.214. The Morgan fingerprint density at radius 3 is 2.50 bits per heavy atom. The molecule has 0 aliphatic heterocycles. The highest BCUT2D eigenvalue weighted by Gasteiger charge is 2.07. The van der Waals surface area contributed by atoms with E-state index in [-0.39, 0.29) is 5.91 Å². The van der Waals surface area contributed by atoms with Crippen LogP contribution in [-0.2, 0) is 0 Å². The smallest absolute Gasteiger partial charge is 0.261 e. The van der Waals surface area contributed by atoms with E-state index in [4.69, 9.17) is 9.47 Å². The summed E-state index contributed by atoms with van der Waals surface area (Å²) in [4.78, 5) is 12.4. The van der Waals surface area contributed by atoms with Crippen molar-refractivity contribution in [2.45, 2.75) is 0 Å². The molecule has 0 bridgehead atoms. The van der Waals surface area contributed by atoms with Crippen molar-refractivity contribution in [3.05, 3.63) is 45.1 Å². The molecule has 0 fully saturated rings. The fourth-order valence-electron chi connectivity index (χ4n) is 1.53. The number of ether oxygens (including phenoxy) is 2. The first-order valence-corrected chi connectivity index (χ1v) is 7.60. The summed E-state index contributed by atoms with van der Waals surface area (Å²) in [6.07, 6.45) is 0. The maximum Gasteiger partial charge on any atom is 0.261 e. The molecular weight excluding hydrogens is 342 g/mol. The lowest BCUT2D eigenvalue weighted by atomic mass is 10.3. The molecule has 0 saturated heterocycles. The standard InChI is InChI=1S/C14H14BrNO3S/c1-18-10-2-4-11(5-3-10)19-9-8-16-14(17)12-6-7-13(15)20-12/h2-7H,8-9H2,1H3,(H,16,17). The van der Waals surface area contributed by atoms with Gasteiger partial charge in [0, 0.05) is 0 Å². The van der Waals surface area contributed by atoms with Crippen LogP contribution in [0.15, 0.2) is 40.2 Å². The van der Waals surface area contributed by atoms with Crippen LogP contribution in [0.3, 0.4) is 0 Å². The van der Waals surface area contributed by atoms with Crippen LogP contribution < -0.4 is 14.8 Å². The van der Waals surface area contributed by atoms with Gasteiger partial charge in [0.1, 0.15) is 18.1 Å². The van der Waals surface area contributed by atoms with Crippen molar-refractivity contribution in [3.63, 3.8) is 0 Å². The maximum absolute atomic E-state index is 11.8. The molecule has 20 heavy (non-hydrogen) atoms. The number of benzene rings is 1. The topological polar surface area (TPSA) is 47.6 Å². The second kappa shape index (κ2) is 7.31. The number of methoxy groups -OCH3 is 1. The second-order valence-electron chi connectivity index (χ2n) is 3.88. The summed E-state index contributed by atoms with van der Waals surface area (Å²) in [5.41, 5.74) is 0. The van der Waals surface area contributed by atoms with Crippen LogP contribution in [0.25, 0.3) is 0 Å². The number of thiophene rings is 1. The Balaban J connectivity index is 1.72. The molecule has 1 amide bonds. The number of halogens is 1. The van der Waals surface area contributed by atoms with E-state index < -0.39 is 0 Å². The van der Waals surface area contributed by atoms with Gasteiger partial charge in [-0.15, -0.1) is 11.3 Å². The van der Waals surface area contributed by atoms with Gasteiger partial charge in [0.2, 0.25) is 0 Å². The van der Waals surface area contributed by atoms with Gasteiger partial charge in [-0.3, -0.25) is 4.79 Å². The van der Waals surface area contributed by atoms with Gasteiger partial charge >= 0.3 is 0 Å². The van der Waals surface area contributed by atoms with E-state index in [1.807, 2.05) is 30.3 Å². The largest absolute Gasteiger partial charge is 0.497 e. The Kier molecular flexibility index (Phi) is 5.43. The average Bonchev–Trinajstić information content (AvgIpc) is 2.91. The lowest BCUT2D eigenvalue weighted by Gasteiger charge is -2.07. The van der Waals surface area contributed by atoms with Crippen LogP contribution in [0.1, 0.15) is 9.67 Å². The van der Waals surface area contributed by atoms with E-state index in [1.165, 1.54) is 11.3 Å². The normalized spacial score (nSPS) is 10.1. The van der Waals surface area contributed by atoms with Gasteiger partial charge in [-0.25, -0.2) is 0 Å². The van der Waals surface area contributed by atoms with Gasteiger partial charge in [-0.2, -0.15) is 0 Å². The summed E-state index contributed by atoms with van der Waals surface area (Å²) in [5, 5.41) is 2.81. The summed E-state index contributed by atoms with van der Waals surface area (Å²) < 4.78 is 11.5. The number of hydrogen-bond donors (Lipinski definition) is 1. The first kappa shape index (κ1) is 14.9. The number of rotatable bonds is 6. The molecule has 0 spiro atoms. The number of carbonyl (C=O) groups is 1. The Hall–Kier alpha value is -1.53. The van der Waals surface area contributed by atoms with Gasteiger partial charge in [-0.05, 0) is 52.3 Å². The zero-order valence-electron chi connectivity index (χ0n) is 10.9. The van der Waals surface area contributed by atoms with Gasteiger partial charge in [0.15, 0.2) is 0 Å². The van der Waals surface area contributed by atoms with E-state index in [9.17, 15) is 4.79 Å². The number of amides is 1. The van der Waals surface area contributed by atoms with Crippen molar-refractivity contribution in [2.75, 3.05) is 20.3 Å². The summed E-state index contributed by atoms with van der Waals surface area (Å²) in [5.74, 6) is 1.45. The van der Waals surface area contributed by atoms with Crippen LogP contribution in [-0.4, -0.2) is 26.2 Å². The zero-order valence-corrected chi connectivity index (χ0v) is 13.3. The predicted octanol–water partition coefficient (Wildman–Crippen LogP) is 3.33. The fourth-order valence-corrected chi connectivity index (χ4v) is 2.83. The van der Waals surface area contributed by atoms with E-state index >= 15 is 0 Å². The van der Waals surface area contributed by atoms with Crippen LogP contribution >= 0.6 is 27.3 Å². The van der Waals surface area contributed by atoms with Crippen molar-refractivity contribution < 1.29 is 14.3 Å².